The molecule has 1 aromatic heterocycles. The van der Waals surface area contributed by atoms with Crippen molar-refractivity contribution in [2.75, 3.05) is 13.2 Å². The number of guanidine groups is 1. The topological polar surface area (TPSA) is 58.5 Å². The van der Waals surface area contributed by atoms with Gasteiger partial charge in [0, 0.05) is 41.6 Å². The lowest BCUT2D eigenvalue weighted by Gasteiger charge is -2.54. The summed E-state index contributed by atoms with van der Waals surface area (Å²) in [4.78, 5) is 9.17. The van der Waals surface area contributed by atoms with Crippen LogP contribution in [0.2, 0.25) is 0 Å². The molecular formula is C16H26N4OS. The van der Waals surface area contributed by atoms with Crippen LogP contribution in [-0.2, 0) is 11.3 Å². The van der Waals surface area contributed by atoms with Crippen LogP contribution in [0.5, 0.6) is 0 Å². The van der Waals surface area contributed by atoms with E-state index in [0.29, 0.717) is 24.6 Å². The van der Waals surface area contributed by atoms with Crippen molar-refractivity contribution in [2.45, 2.75) is 52.8 Å². The summed E-state index contributed by atoms with van der Waals surface area (Å²) in [6.07, 6.45) is 1.55. The predicted octanol–water partition coefficient (Wildman–Crippen LogP) is 2.32. The average Bonchev–Trinajstić information content (AvgIpc) is 3.09. The Balaban J connectivity index is 1.66. The van der Waals surface area contributed by atoms with Gasteiger partial charge in [-0.25, -0.2) is 9.98 Å². The number of nitrogens with one attached hydrogen (secondary N) is 2. The minimum Gasteiger partial charge on any atom is -0.377 e. The first-order chi connectivity index (χ1) is 10.5. The molecule has 3 unspecified atom stereocenters. The van der Waals surface area contributed by atoms with Gasteiger partial charge in [0.15, 0.2) is 5.96 Å². The minimum absolute atomic E-state index is 0.162. The number of rotatable bonds is 4. The maximum Gasteiger partial charge on any atom is 0.191 e. The van der Waals surface area contributed by atoms with Crippen LogP contribution < -0.4 is 10.6 Å². The van der Waals surface area contributed by atoms with Crippen LogP contribution >= 0.6 is 11.3 Å². The number of aromatic nitrogens is 1. The first-order valence-electron chi connectivity index (χ1n) is 8.10. The Kier molecular flexibility index (Phi) is 4.41. The number of hydrogen-bond acceptors (Lipinski definition) is 4. The monoisotopic (exact) mass is 322 g/mol. The van der Waals surface area contributed by atoms with E-state index in [4.69, 9.17) is 9.73 Å². The van der Waals surface area contributed by atoms with Crippen LogP contribution in [0.25, 0.3) is 0 Å². The summed E-state index contributed by atoms with van der Waals surface area (Å²) in [5.74, 6) is 1.50. The summed E-state index contributed by atoms with van der Waals surface area (Å²) < 4.78 is 5.86. The zero-order valence-corrected chi connectivity index (χ0v) is 14.7. The molecule has 2 fully saturated rings. The molecule has 1 aliphatic carbocycles. The van der Waals surface area contributed by atoms with Crippen molar-refractivity contribution >= 4 is 17.3 Å². The van der Waals surface area contributed by atoms with Gasteiger partial charge in [0.1, 0.15) is 5.01 Å². The van der Waals surface area contributed by atoms with Crippen molar-refractivity contribution in [1.82, 2.24) is 15.6 Å². The average molecular weight is 322 g/mol. The molecule has 0 aromatic carbocycles. The molecule has 3 atom stereocenters. The predicted molar refractivity (Wildman–Crippen MR) is 90.2 cm³/mol. The highest BCUT2D eigenvalue weighted by atomic mass is 32.1. The van der Waals surface area contributed by atoms with Gasteiger partial charge in [-0.15, -0.1) is 11.3 Å². The Bertz CT molecular complexity index is 554. The molecular weight excluding hydrogens is 296 g/mol. The fraction of sp³-hybridized carbons (Fsp3) is 0.750. The van der Waals surface area contributed by atoms with Crippen molar-refractivity contribution in [3.8, 4) is 0 Å². The molecule has 0 bridgehead atoms. The van der Waals surface area contributed by atoms with Gasteiger partial charge in [-0.3, -0.25) is 0 Å². The summed E-state index contributed by atoms with van der Waals surface area (Å²) in [6, 6.07) is 0.427. The molecule has 1 saturated heterocycles. The Morgan fingerprint density at radius 3 is 3.05 bits per heavy atom. The second-order valence-electron chi connectivity index (χ2n) is 6.77. The quantitative estimate of drug-likeness (QED) is 0.660. The van der Waals surface area contributed by atoms with Crippen LogP contribution in [0, 0.1) is 18.3 Å². The highest BCUT2D eigenvalue weighted by molar-refractivity contribution is 7.09. The molecule has 122 valence electrons. The van der Waals surface area contributed by atoms with Crippen molar-refractivity contribution in [2.24, 2.45) is 16.3 Å². The summed E-state index contributed by atoms with van der Waals surface area (Å²) in [5.41, 5.74) is 1.23. The lowest BCUT2D eigenvalue weighted by molar-refractivity contribution is -0.106. The third-order valence-corrected chi connectivity index (χ3v) is 5.73. The van der Waals surface area contributed by atoms with Crippen LogP contribution in [0.1, 0.15) is 37.9 Å². The number of fused-ring (bicyclic) bond motifs is 1. The fourth-order valence-electron chi connectivity index (χ4n) is 3.71. The molecule has 0 spiro atoms. The number of aliphatic imine (C=N–C) groups is 1. The molecule has 1 saturated carbocycles. The molecule has 22 heavy (non-hydrogen) atoms. The molecule has 1 aliphatic heterocycles. The van der Waals surface area contributed by atoms with E-state index in [-0.39, 0.29) is 5.41 Å². The smallest absolute Gasteiger partial charge is 0.191 e. The first kappa shape index (κ1) is 15.7. The van der Waals surface area contributed by atoms with Crippen molar-refractivity contribution < 1.29 is 4.74 Å². The Morgan fingerprint density at radius 2 is 2.36 bits per heavy atom. The summed E-state index contributed by atoms with van der Waals surface area (Å²) in [6.45, 7) is 11.1. The lowest BCUT2D eigenvalue weighted by Crippen LogP contribution is -2.67. The van der Waals surface area contributed by atoms with Gasteiger partial charge in [-0.1, -0.05) is 13.8 Å². The van der Waals surface area contributed by atoms with E-state index < -0.39 is 0 Å². The number of nitrogens with zero attached hydrogens (tertiary/aromatic N) is 2. The molecule has 0 amide bonds. The molecule has 6 heteroatoms. The second-order valence-corrected chi connectivity index (χ2v) is 7.71. The van der Waals surface area contributed by atoms with Crippen LogP contribution in [0.15, 0.2) is 10.4 Å². The zero-order chi connectivity index (χ0) is 15.7. The first-order valence-corrected chi connectivity index (χ1v) is 8.97. The molecule has 1 aromatic rings. The summed E-state index contributed by atoms with van der Waals surface area (Å²) in [7, 11) is 0. The van der Waals surface area contributed by atoms with Gasteiger partial charge in [-0.2, -0.15) is 0 Å². The van der Waals surface area contributed by atoms with Gasteiger partial charge < -0.3 is 15.4 Å². The molecule has 2 aliphatic rings. The van der Waals surface area contributed by atoms with Gasteiger partial charge in [0.2, 0.25) is 0 Å². The van der Waals surface area contributed by atoms with Gasteiger partial charge in [0.25, 0.3) is 0 Å². The summed E-state index contributed by atoms with van der Waals surface area (Å²) in [5, 5.41) is 10.1. The fourth-order valence-corrected chi connectivity index (χ4v) is 4.40. The van der Waals surface area contributed by atoms with E-state index in [9.17, 15) is 0 Å². The highest BCUT2D eigenvalue weighted by Gasteiger charge is 2.59. The summed E-state index contributed by atoms with van der Waals surface area (Å²) >= 11 is 1.67. The third-order valence-electron chi connectivity index (χ3n) is 4.78. The van der Waals surface area contributed by atoms with Crippen molar-refractivity contribution in [1.29, 1.82) is 0 Å². The Morgan fingerprint density at radius 1 is 1.55 bits per heavy atom. The molecule has 2 heterocycles. The van der Waals surface area contributed by atoms with E-state index in [0.717, 1.165) is 36.2 Å². The maximum absolute atomic E-state index is 5.86. The highest BCUT2D eigenvalue weighted by Crippen LogP contribution is 2.52. The Labute approximate surface area is 136 Å². The van der Waals surface area contributed by atoms with E-state index in [1.807, 2.05) is 6.92 Å². The standard InChI is InChI=1S/C16H26N4OS/c1-5-17-15(18-8-12-19-10(2)9-22-12)20-13-11-6-7-21-14(11)16(13,3)4/h9,11,13-14H,5-8H2,1-4H3,(H2,17,18,20). The lowest BCUT2D eigenvalue weighted by atomic mass is 9.57. The van der Waals surface area contributed by atoms with E-state index in [1.165, 1.54) is 0 Å². The number of ether oxygens (including phenoxy) is 1. The van der Waals surface area contributed by atoms with E-state index in [1.54, 1.807) is 11.3 Å². The molecule has 5 nitrogen and oxygen atoms in total. The largest absolute Gasteiger partial charge is 0.377 e. The number of hydrogen-bond donors (Lipinski definition) is 2. The van der Waals surface area contributed by atoms with Crippen LogP contribution in [-0.4, -0.2) is 36.2 Å². The normalized spacial score (nSPS) is 29.8. The molecule has 0 radical (unpaired) electrons. The number of aryl methyl sites for hydroxylation is 1. The molecule has 2 N–H and O–H groups in total. The van der Waals surface area contributed by atoms with Crippen LogP contribution in [0.3, 0.4) is 0 Å². The van der Waals surface area contributed by atoms with E-state index in [2.05, 4.69) is 41.8 Å². The van der Waals surface area contributed by atoms with Gasteiger partial charge in [0.05, 0.1) is 12.6 Å². The third kappa shape index (κ3) is 2.86. The zero-order valence-electron chi connectivity index (χ0n) is 13.8. The Hall–Kier alpha value is -1.14. The maximum atomic E-state index is 5.86. The van der Waals surface area contributed by atoms with Crippen molar-refractivity contribution in [3.63, 3.8) is 0 Å². The molecule has 3 rings (SSSR count). The SMILES string of the molecule is CCNC(=NCc1nc(C)cs1)NC1C2CCOC2C1(C)C. The van der Waals surface area contributed by atoms with Gasteiger partial charge >= 0.3 is 0 Å². The van der Waals surface area contributed by atoms with E-state index >= 15 is 0 Å². The number of thiazole rings is 1. The van der Waals surface area contributed by atoms with Gasteiger partial charge in [-0.05, 0) is 20.3 Å². The van der Waals surface area contributed by atoms with Crippen LogP contribution in [0.4, 0.5) is 0 Å². The van der Waals surface area contributed by atoms with Crippen molar-refractivity contribution in [3.05, 3.63) is 16.1 Å². The minimum atomic E-state index is 0.162. The second kappa shape index (κ2) is 6.16.